The zero-order valence-corrected chi connectivity index (χ0v) is 16.0. The van der Waals surface area contributed by atoms with Crippen LogP contribution >= 0.6 is 0 Å². The molecular formula is C18H19F2NO4S2. The summed E-state index contributed by atoms with van der Waals surface area (Å²) in [4.78, 5) is 0. The van der Waals surface area contributed by atoms with Gasteiger partial charge in [-0.15, -0.1) is 0 Å². The summed E-state index contributed by atoms with van der Waals surface area (Å²) in [6, 6.07) is 11.3. The van der Waals surface area contributed by atoms with Crippen LogP contribution in [0.25, 0.3) is 0 Å². The SMILES string of the molecule is O=S1(=O)CCN(S(=O)(=O)Cc2cc(F)cc(F)c2)CCC1c1ccccc1. The van der Waals surface area contributed by atoms with Crippen molar-refractivity contribution in [1.82, 2.24) is 4.31 Å². The fourth-order valence-corrected chi connectivity index (χ4v) is 6.67. The van der Waals surface area contributed by atoms with Gasteiger partial charge in [-0.1, -0.05) is 30.3 Å². The summed E-state index contributed by atoms with van der Waals surface area (Å²) in [6.07, 6.45) is 0.128. The van der Waals surface area contributed by atoms with Crippen molar-refractivity contribution >= 4 is 19.9 Å². The van der Waals surface area contributed by atoms with Crippen molar-refractivity contribution in [3.63, 3.8) is 0 Å². The first kappa shape index (κ1) is 19.9. The highest BCUT2D eigenvalue weighted by atomic mass is 32.2. The third kappa shape index (κ3) is 4.72. The maximum atomic E-state index is 13.3. The molecule has 0 aromatic heterocycles. The number of halogens is 2. The van der Waals surface area contributed by atoms with Crippen LogP contribution in [-0.2, 0) is 25.6 Å². The molecule has 0 N–H and O–H groups in total. The molecule has 0 bridgehead atoms. The van der Waals surface area contributed by atoms with Gasteiger partial charge in [-0.3, -0.25) is 0 Å². The van der Waals surface area contributed by atoms with Gasteiger partial charge in [0, 0.05) is 19.2 Å². The molecule has 0 aliphatic carbocycles. The van der Waals surface area contributed by atoms with Gasteiger partial charge < -0.3 is 0 Å². The predicted molar refractivity (Wildman–Crippen MR) is 98.1 cm³/mol. The van der Waals surface area contributed by atoms with Crippen molar-refractivity contribution in [3.8, 4) is 0 Å². The lowest BCUT2D eigenvalue weighted by atomic mass is 10.1. The Labute approximate surface area is 157 Å². The number of hydrogen-bond donors (Lipinski definition) is 0. The second-order valence-corrected chi connectivity index (χ2v) is 10.8. The maximum Gasteiger partial charge on any atom is 0.218 e. The topological polar surface area (TPSA) is 71.5 Å². The van der Waals surface area contributed by atoms with Gasteiger partial charge in [0.1, 0.15) is 11.6 Å². The molecule has 146 valence electrons. The normalized spacial score (nSPS) is 20.9. The molecule has 1 unspecified atom stereocenters. The molecule has 1 heterocycles. The zero-order valence-electron chi connectivity index (χ0n) is 14.4. The molecule has 2 aromatic carbocycles. The van der Waals surface area contributed by atoms with Crippen molar-refractivity contribution in [3.05, 3.63) is 71.3 Å². The van der Waals surface area contributed by atoms with Crippen LogP contribution < -0.4 is 0 Å². The second-order valence-electron chi connectivity index (χ2n) is 6.49. The highest BCUT2D eigenvalue weighted by molar-refractivity contribution is 7.91. The number of nitrogens with zero attached hydrogens (tertiary/aromatic N) is 1. The van der Waals surface area contributed by atoms with Crippen LogP contribution in [0.5, 0.6) is 0 Å². The van der Waals surface area contributed by atoms with Crippen LogP contribution in [-0.4, -0.2) is 40.0 Å². The summed E-state index contributed by atoms with van der Waals surface area (Å²) < 4.78 is 78.3. The van der Waals surface area contributed by atoms with Crippen molar-refractivity contribution < 1.29 is 25.6 Å². The Hall–Kier alpha value is -1.84. The Morgan fingerprint density at radius 2 is 1.63 bits per heavy atom. The van der Waals surface area contributed by atoms with E-state index in [1.54, 1.807) is 30.3 Å². The Morgan fingerprint density at radius 3 is 2.26 bits per heavy atom. The highest BCUT2D eigenvalue weighted by Crippen LogP contribution is 2.30. The number of rotatable bonds is 4. The van der Waals surface area contributed by atoms with Crippen molar-refractivity contribution in [2.45, 2.75) is 17.4 Å². The average molecular weight is 415 g/mol. The Bertz CT molecular complexity index is 1000. The van der Waals surface area contributed by atoms with Crippen molar-refractivity contribution in [2.75, 3.05) is 18.8 Å². The van der Waals surface area contributed by atoms with Gasteiger partial charge >= 0.3 is 0 Å². The minimum absolute atomic E-state index is 0.0146. The van der Waals surface area contributed by atoms with E-state index in [1.807, 2.05) is 0 Å². The van der Waals surface area contributed by atoms with E-state index in [1.165, 1.54) is 0 Å². The lowest BCUT2D eigenvalue weighted by Crippen LogP contribution is -2.34. The lowest BCUT2D eigenvalue weighted by Gasteiger charge is -2.19. The summed E-state index contributed by atoms with van der Waals surface area (Å²) in [5.74, 6) is -2.60. The molecule has 9 heteroatoms. The molecule has 3 rings (SSSR count). The van der Waals surface area contributed by atoms with E-state index in [2.05, 4.69) is 0 Å². The Kier molecular flexibility index (Phi) is 5.64. The monoisotopic (exact) mass is 415 g/mol. The summed E-state index contributed by atoms with van der Waals surface area (Å²) in [5, 5.41) is -0.773. The molecule has 1 aliphatic heterocycles. The molecular weight excluding hydrogens is 396 g/mol. The molecule has 0 radical (unpaired) electrons. The van der Waals surface area contributed by atoms with Crippen LogP contribution in [0.3, 0.4) is 0 Å². The van der Waals surface area contributed by atoms with E-state index in [9.17, 15) is 25.6 Å². The maximum absolute atomic E-state index is 13.3. The van der Waals surface area contributed by atoms with Crippen molar-refractivity contribution in [2.24, 2.45) is 0 Å². The van der Waals surface area contributed by atoms with Crippen LogP contribution in [0, 0.1) is 11.6 Å². The molecule has 0 saturated carbocycles. The Morgan fingerprint density at radius 1 is 1.00 bits per heavy atom. The standard InChI is InChI=1S/C18H19F2NO4S2/c19-16-10-14(11-17(20)12-16)13-27(24,25)21-7-6-18(26(22,23)9-8-21)15-4-2-1-3-5-15/h1-5,10-12,18H,6-9,13H2. The van der Waals surface area contributed by atoms with Gasteiger partial charge in [0.2, 0.25) is 10.0 Å². The van der Waals surface area contributed by atoms with Gasteiger partial charge in [0.05, 0.1) is 16.8 Å². The van der Waals surface area contributed by atoms with Crippen LogP contribution in [0.4, 0.5) is 8.78 Å². The minimum Gasteiger partial charge on any atom is -0.228 e. The fourth-order valence-electron chi connectivity index (χ4n) is 3.24. The first-order valence-corrected chi connectivity index (χ1v) is 11.7. The third-order valence-corrected chi connectivity index (χ3v) is 8.51. The quantitative estimate of drug-likeness (QED) is 0.770. The second kappa shape index (κ2) is 7.65. The van der Waals surface area contributed by atoms with E-state index in [-0.39, 0.29) is 30.8 Å². The van der Waals surface area contributed by atoms with Gasteiger partial charge in [-0.2, -0.15) is 0 Å². The molecule has 1 fully saturated rings. The molecule has 1 aliphatic rings. The third-order valence-electron chi connectivity index (χ3n) is 4.54. The first-order chi connectivity index (χ1) is 12.7. The predicted octanol–water partition coefficient (Wildman–Crippen LogP) is 2.66. The highest BCUT2D eigenvalue weighted by Gasteiger charge is 2.35. The van der Waals surface area contributed by atoms with Gasteiger partial charge in [0.15, 0.2) is 9.84 Å². The number of sulfonamides is 1. The summed E-state index contributed by atoms with van der Waals surface area (Å²) in [6.45, 7) is -0.148. The number of hydrogen-bond acceptors (Lipinski definition) is 4. The number of benzene rings is 2. The molecule has 27 heavy (non-hydrogen) atoms. The van der Waals surface area contributed by atoms with Gasteiger partial charge in [-0.25, -0.2) is 29.9 Å². The average Bonchev–Trinajstić information content (AvgIpc) is 2.72. The first-order valence-electron chi connectivity index (χ1n) is 8.37. The number of sulfone groups is 1. The minimum atomic E-state index is -3.91. The van der Waals surface area contributed by atoms with E-state index < -0.39 is 42.5 Å². The largest absolute Gasteiger partial charge is 0.228 e. The zero-order chi connectivity index (χ0) is 19.7. The van der Waals surface area contributed by atoms with Crippen LogP contribution in [0.2, 0.25) is 0 Å². The van der Waals surface area contributed by atoms with Crippen LogP contribution in [0.1, 0.15) is 22.8 Å². The molecule has 5 nitrogen and oxygen atoms in total. The molecule has 0 amide bonds. The van der Waals surface area contributed by atoms with Gasteiger partial charge in [0.25, 0.3) is 0 Å². The van der Waals surface area contributed by atoms with E-state index in [4.69, 9.17) is 0 Å². The summed E-state index contributed by atoms with van der Waals surface area (Å²) in [5.41, 5.74) is 0.614. The van der Waals surface area contributed by atoms with E-state index in [0.29, 0.717) is 11.6 Å². The Balaban J connectivity index is 1.82. The van der Waals surface area contributed by atoms with E-state index >= 15 is 0 Å². The van der Waals surface area contributed by atoms with Crippen molar-refractivity contribution in [1.29, 1.82) is 0 Å². The van der Waals surface area contributed by atoms with Crippen LogP contribution in [0.15, 0.2) is 48.5 Å². The summed E-state index contributed by atoms with van der Waals surface area (Å²) in [7, 11) is -7.43. The molecule has 0 spiro atoms. The fraction of sp³-hybridized carbons (Fsp3) is 0.333. The molecule has 2 aromatic rings. The smallest absolute Gasteiger partial charge is 0.218 e. The van der Waals surface area contributed by atoms with E-state index in [0.717, 1.165) is 16.4 Å². The van der Waals surface area contributed by atoms with Gasteiger partial charge in [-0.05, 0) is 29.7 Å². The molecule has 1 saturated heterocycles. The summed E-state index contributed by atoms with van der Waals surface area (Å²) >= 11 is 0. The lowest BCUT2D eigenvalue weighted by molar-refractivity contribution is 0.427. The molecule has 1 atom stereocenters.